The average molecular weight is 421 g/mol. The molecule has 0 bridgehead atoms. The molecule has 0 spiro atoms. The highest BCUT2D eigenvalue weighted by Gasteiger charge is 2.18. The van der Waals surface area contributed by atoms with Gasteiger partial charge in [0.2, 0.25) is 0 Å². The Bertz CT molecular complexity index is 434. The van der Waals surface area contributed by atoms with Gasteiger partial charge in [0.05, 0.1) is 12.6 Å². The molecule has 1 unspecified atom stereocenters. The molecule has 0 saturated heterocycles. The molecule has 0 saturated carbocycles. The van der Waals surface area contributed by atoms with Crippen LogP contribution in [0.1, 0.15) is 20.7 Å². The number of hydrogen-bond donors (Lipinski definition) is 0. The fourth-order valence-corrected chi connectivity index (χ4v) is 5.02. The summed E-state index contributed by atoms with van der Waals surface area (Å²) in [5, 5.41) is 0.599. The van der Waals surface area contributed by atoms with E-state index in [2.05, 4.69) is 44.8 Å². The molecule has 0 nitrogen and oxygen atoms in total. The minimum Gasteiger partial charge on any atom is -0.131 e. The maximum Gasteiger partial charge on any atom is 0.102 e. The van der Waals surface area contributed by atoms with Crippen LogP contribution in [0.5, 0.6) is 0 Å². The second-order valence-electron chi connectivity index (χ2n) is 3.24. The molecule has 6 heteroatoms. The zero-order valence-corrected chi connectivity index (χ0v) is 14.4. The first-order valence-electron chi connectivity index (χ1n) is 4.33. The van der Waals surface area contributed by atoms with Crippen molar-refractivity contribution in [2.75, 3.05) is 0 Å². The predicted octanol–water partition coefficient (Wildman–Crippen LogP) is 6.62. The SMILES string of the molecule is Cc1cc(C(Cl)c2cc(Cl)c(Br)s2)sc1Br. The van der Waals surface area contributed by atoms with E-state index in [9.17, 15) is 0 Å². The van der Waals surface area contributed by atoms with Crippen LogP contribution in [0, 0.1) is 6.92 Å². The number of rotatable bonds is 2. The lowest BCUT2D eigenvalue weighted by atomic mass is 10.2. The van der Waals surface area contributed by atoms with Crippen molar-refractivity contribution in [3.05, 3.63) is 40.0 Å². The summed E-state index contributed by atoms with van der Waals surface area (Å²) in [6, 6.07) is 4.02. The molecule has 0 aliphatic heterocycles. The highest BCUT2D eigenvalue weighted by molar-refractivity contribution is 9.11. The van der Waals surface area contributed by atoms with E-state index in [4.69, 9.17) is 23.2 Å². The molecule has 0 fully saturated rings. The van der Waals surface area contributed by atoms with E-state index in [0.717, 1.165) is 22.3 Å². The third-order valence-corrected chi connectivity index (χ3v) is 7.51. The molecule has 2 aromatic rings. The van der Waals surface area contributed by atoms with Crippen molar-refractivity contribution in [3.8, 4) is 0 Å². The first-order valence-corrected chi connectivity index (χ1v) is 8.37. The Kier molecular flexibility index (Phi) is 4.42. The number of aryl methyl sites for hydroxylation is 1. The van der Waals surface area contributed by atoms with Crippen molar-refractivity contribution < 1.29 is 0 Å². The number of hydrogen-bond acceptors (Lipinski definition) is 2. The average Bonchev–Trinajstić information content (AvgIpc) is 2.72. The molecule has 0 aromatic carbocycles. The van der Waals surface area contributed by atoms with E-state index in [1.54, 1.807) is 22.7 Å². The van der Waals surface area contributed by atoms with Gasteiger partial charge >= 0.3 is 0 Å². The Hall–Kier alpha value is 0.940. The summed E-state index contributed by atoms with van der Waals surface area (Å²) in [5.41, 5.74) is 1.22. The first kappa shape index (κ1) is 13.4. The van der Waals surface area contributed by atoms with Gasteiger partial charge in [-0.05, 0) is 56.5 Å². The van der Waals surface area contributed by atoms with Gasteiger partial charge in [-0.1, -0.05) is 11.6 Å². The van der Waals surface area contributed by atoms with Gasteiger partial charge in [0.15, 0.2) is 0 Å². The van der Waals surface area contributed by atoms with Crippen molar-refractivity contribution >= 4 is 77.7 Å². The largest absolute Gasteiger partial charge is 0.131 e. The summed E-state index contributed by atoms with van der Waals surface area (Å²) >= 11 is 22.6. The molecular formula is C10H6Br2Cl2S2. The smallest absolute Gasteiger partial charge is 0.102 e. The van der Waals surface area contributed by atoms with Crippen LogP contribution < -0.4 is 0 Å². The Morgan fingerprint density at radius 1 is 1.12 bits per heavy atom. The Morgan fingerprint density at radius 2 is 1.69 bits per heavy atom. The van der Waals surface area contributed by atoms with Crippen molar-refractivity contribution in [2.24, 2.45) is 0 Å². The van der Waals surface area contributed by atoms with E-state index in [1.807, 2.05) is 6.07 Å². The van der Waals surface area contributed by atoms with E-state index in [0.29, 0.717) is 0 Å². The molecule has 2 rings (SSSR count). The minimum atomic E-state index is -0.121. The summed E-state index contributed by atoms with van der Waals surface area (Å²) in [6.45, 7) is 2.06. The molecule has 86 valence electrons. The number of halogens is 4. The lowest BCUT2D eigenvalue weighted by Gasteiger charge is -2.02. The van der Waals surface area contributed by atoms with Crippen LogP contribution in [0.15, 0.2) is 19.7 Å². The lowest BCUT2D eigenvalue weighted by Crippen LogP contribution is -1.84. The van der Waals surface area contributed by atoms with Crippen molar-refractivity contribution in [2.45, 2.75) is 12.3 Å². The van der Waals surface area contributed by atoms with E-state index < -0.39 is 0 Å². The molecule has 0 amide bonds. The third kappa shape index (κ3) is 2.68. The summed E-state index contributed by atoms with van der Waals surface area (Å²) in [5.74, 6) is 0. The zero-order valence-electron chi connectivity index (χ0n) is 8.06. The Labute approximate surface area is 129 Å². The van der Waals surface area contributed by atoms with Crippen LogP contribution >= 0.6 is 77.7 Å². The number of thiophene rings is 2. The first-order chi connectivity index (χ1) is 7.49. The second kappa shape index (κ2) is 5.29. The molecule has 0 aliphatic rings. The minimum absolute atomic E-state index is 0.121. The molecule has 0 aliphatic carbocycles. The maximum atomic E-state index is 6.42. The summed E-state index contributed by atoms with van der Waals surface area (Å²) < 4.78 is 2.07. The van der Waals surface area contributed by atoms with Gasteiger partial charge in [0, 0.05) is 9.75 Å². The van der Waals surface area contributed by atoms with Crippen molar-refractivity contribution in [1.82, 2.24) is 0 Å². The molecule has 2 aromatic heterocycles. The predicted molar refractivity (Wildman–Crippen MR) is 81.5 cm³/mol. The Balaban J connectivity index is 2.34. The molecule has 2 heterocycles. The van der Waals surface area contributed by atoms with Crippen LogP contribution in [0.2, 0.25) is 5.02 Å². The van der Waals surface area contributed by atoms with E-state index in [1.165, 1.54) is 5.56 Å². The van der Waals surface area contributed by atoms with Gasteiger partial charge in [-0.15, -0.1) is 34.3 Å². The van der Waals surface area contributed by atoms with Crippen LogP contribution in [0.25, 0.3) is 0 Å². The molecule has 0 N–H and O–H groups in total. The molecular weight excluding hydrogens is 415 g/mol. The van der Waals surface area contributed by atoms with Crippen LogP contribution in [-0.2, 0) is 0 Å². The van der Waals surface area contributed by atoms with Crippen molar-refractivity contribution in [1.29, 1.82) is 0 Å². The lowest BCUT2D eigenvalue weighted by molar-refractivity contribution is 1.23. The summed E-state index contributed by atoms with van der Waals surface area (Å²) in [7, 11) is 0. The summed E-state index contributed by atoms with van der Waals surface area (Å²) in [6.07, 6.45) is 0. The molecule has 16 heavy (non-hydrogen) atoms. The zero-order chi connectivity index (χ0) is 11.9. The highest BCUT2D eigenvalue weighted by atomic mass is 79.9. The van der Waals surface area contributed by atoms with E-state index >= 15 is 0 Å². The fourth-order valence-electron chi connectivity index (χ4n) is 1.24. The second-order valence-corrected chi connectivity index (χ2v) is 8.89. The van der Waals surface area contributed by atoms with Crippen LogP contribution in [0.4, 0.5) is 0 Å². The maximum absolute atomic E-state index is 6.42. The summed E-state index contributed by atoms with van der Waals surface area (Å²) in [4.78, 5) is 2.20. The van der Waals surface area contributed by atoms with Crippen LogP contribution in [0.3, 0.4) is 0 Å². The van der Waals surface area contributed by atoms with Gasteiger partial charge in [-0.2, -0.15) is 0 Å². The van der Waals surface area contributed by atoms with Gasteiger partial charge in [0.25, 0.3) is 0 Å². The van der Waals surface area contributed by atoms with Gasteiger partial charge in [-0.25, -0.2) is 0 Å². The van der Waals surface area contributed by atoms with Crippen LogP contribution in [-0.4, -0.2) is 0 Å². The Morgan fingerprint density at radius 3 is 2.12 bits per heavy atom. The van der Waals surface area contributed by atoms with Gasteiger partial charge in [-0.3, -0.25) is 0 Å². The quantitative estimate of drug-likeness (QED) is 0.478. The third-order valence-electron chi connectivity index (χ3n) is 2.04. The van der Waals surface area contributed by atoms with Gasteiger partial charge in [0.1, 0.15) is 5.38 Å². The molecule has 1 atom stereocenters. The van der Waals surface area contributed by atoms with E-state index in [-0.39, 0.29) is 5.38 Å². The normalized spacial score (nSPS) is 13.1. The highest BCUT2D eigenvalue weighted by Crippen LogP contribution is 2.43. The number of alkyl halides is 1. The van der Waals surface area contributed by atoms with Crippen molar-refractivity contribution in [3.63, 3.8) is 0 Å². The fraction of sp³-hybridized carbons (Fsp3) is 0.200. The topological polar surface area (TPSA) is 0 Å². The standard InChI is InChI=1S/C10H6Br2Cl2S2/c1-4-2-6(15-9(4)11)8(14)7-3-5(13)10(12)16-7/h2-3,8H,1H3. The molecule has 0 radical (unpaired) electrons. The monoisotopic (exact) mass is 418 g/mol. The van der Waals surface area contributed by atoms with Gasteiger partial charge < -0.3 is 0 Å².